The summed E-state index contributed by atoms with van der Waals surface area (Å²) in [6.07, 6.45) is 1.48. The first-order chi connectivity index (χ1) is 9.40. The number of anilines is 1. The van der Waals surface area contributed by atoms with Crippen molar-refractivity contribution in [1.82, 2.24) is 15.1 Å². The predicted octanol–water partition coefficient (Wildman–Crippen LogP) is 1.97. The molecule has 1 aromatic heterocycles. The van der Waals surface area contributed by atoms with Gasteiger partial charge in [0.15, 0.2) is 0 Å². The summed E-state index contributed by atoms with van der Waals surface area (Å²) < 4.78 is 28.9. The third-order valence-corrected chi connectivity index (χ3v) is 3.20. The molecule has 5 nitrogen and oxygen atoms in total. The van der Waals surface area contributed by atoms with Crippen molar-refractivity contribution in [1.29, 1.82) is 0 Å². The molecule has 0 aliphatic carbocycles. The Morgan fingerprint density at radius 1 is 1.45 bits per heavy atom. The number of hydrogen-bond donors (Lipinski definition) is 2. The summed E-state index contributed by atoms with van der Waals surface area (Å²) in [5.74, 6) is -2.35. The van der Waals surface area contributed by atoms with Gasteiger partial charge in [0, 0.05) is 23.6 Å². The van der Waals surface area contributed by atoms with Gasteiger partial charge in [0.05, 0.1) is 6.20 Å². The fraction of sp³-hybridized carbons (Fsp3) is 0.167. The molecule has 0 saturated carbocycles. The van der Waals surface area contributed by atoms with E-state index in [0.717, 1.165) is 12.1 Å². The van der Waals surface area contributed by atoms with Gasteiger partial charge < -0.3 is 11.1 Å². The van der Waals surface area contributed by atoms with E-state index in [-0.39, 0.29) is 11.0 Å². The molecule has 2 rings (SSSR count). The monoisotopic (exact) mass is 344 g/mol. The van der Waals surface area contributed by atoms with Gasteiger partial charge in [0.2, 0.25) is 0 Å². The van der Waals surface area contributed by atoms with Gasteiger partial charge in [-0.15, -0.1) is 0 Å². The van der Waals surface area contributed by atoms with E-state index in [9.17, 15) is 13.6 Å². The van der Waals surface area contributed by atoms with Gasteiger partial charge in [-0.1, -0.05) is 15.9 Å². The third kappa shape index (κ3) is 2.79. The zero-order valence-electron chi connectivity index (χ0n) is 10.5. The van der Waals surface area contributed by atoms with Gasteiger partial charge >= 0.3 is 0 Å². The highest BCUT2D eigenvalue weighted by Crippen LogP contribution is 2.19. The number of rotatable bonds is 3. The normalized spacial score (nSPS) is 10.6. The van der Waals surface area contributed by atoms with Crippen molar-refractivity contribution in [2.75, 3.05) is 5.73 Å². The fourth-order valence-corrected chi connectivity index (χ4v) is 2.05. The smallest absolute Gasteiger partial charge is 0.257 e. The highest BCUT2D eigenvalue weighted by Gasteiger charge is 2.18. The summed E-state index contributed by atoms with van der Waals surface area (Å²) in [7, 11) is 1.65. The van der Waals surface area contributed by atoms with Gasteiger partial charge in [-0.05, 0) is 12.1 Å². The SMILES string of the molecule is Cn1ncc(CNC(=O)c2c(F)cc(Br)cc2F)c1N. The summed E-state index contributed by atoms with van der Waals surface area (Å²) in [5, 5.41) is 6.30. The molecule has 1 heterocycles. The zero-order chi connectivity index (χ0) is 14.9. The van der Waals surface area contributed by atoms with Crippen LogP contribution < -0.4 is 11.1 Å². The Hall–Kier alpha value is -1.96. The van der Waals surface area contributed by atoms with Crippen LogP contribution in [0.2, 0.25) is 0 Å². The lowest BCUT2D eigenvalue weighted by atomic mass is 10.2. The van der Waals surface area contributed by atoms with Crippen molar-refractivity contribution in [2.24, 2.45) is 7.05 Å². The minimum Gasteiger partial charge on any atom is -0.384 e. The molecule has 0 spiro atoms. The van der Waals surface area contributed by atoms with Crippen molar-refractivity contribution >= 4 is 27.7 Å². The molecule has 0 fully saturated rings. The maximum atomic E-state index is 13.6. The average Bonchev–Trinajstić information content (AvgIpc) is 2.66. The lowest BCUT2D eigenvalue weighted by Gasteiger charge is -2.07. The van der Waals surface area contributed by atoms with Crippen LogP contribution in [0, 0.1) is 11.6 Å². The second kappa shape index (κ2) is 5.58. The van der Waals surface area contributed by atoms with E-state index >= 15 is 0 Å². The Kier molecular flexibility index (Phi) is 4.03. The minimum absolute atomic E-state index is 0.0352. The Labute approximate surface area is 121 Å². The Balaban J connectivity index is 2.15. The molecule has 0 radical (unpaired) electrons. The number of nitrogen functional groups attached to an aromatic ring is 1. The van der Waals surface area contributed by atoms with Crippen LogP contribution in [0.3, 0.4) is 0 Å². The number of hydrogen-bond acceptors (Lipinski definition) is 3. The van der Waals surface area contributed by atoms with Crippen molar-refractivity contribution in [2.45, 2.75) is 6.54 Å². The van der Waals surface area contributed by atoms with E-state index in [2.05, 4.69) is 26.3 Å². The Morgan fingerprint density at radius 3 is 2.55 bits per heavy atom. The zero-order valence-corrected chi connectivity index (χ0v) is 12.0. The number of benzene rings is 1. The number of nitrogens with zero attached hydrogens (tertiary/aromatic N) is 2. The molecule has 0 aliphatic heterocycles. The van der Waals surface area contributed by atoms with Crippen LogP contribution in [-0.4, -0.2) is 15.7 Å². The van der Waals surface area contributed by atoms with Crippen LogP contribution in [-0.2, 0) is 13.6 Å². The molecule has 1 aromatic carbocycles. The highest BCUT2D eigenvalue weighted by molar-refractivity contribution is 9.10. The first-order valence-electron chi connectivity index (χ1n) is 5.59. The number of nitrogens with one attached hydrogen (secondary N) is 1. The van der Waals surface area contributed by atoms with Gasteiger partial charge in [0.1, 0.15) is 23.0 Å². The second-order valence-electron chi connectivity index (χ2n) is 4.11. The molecule has 0 unspecified atom stereocenters. The molecule has 0 aliphatic rings. The number of aromatic nitrogens is 2. The van der Waals surface area contributed by atoms with Gasteiger partial charge in [-0.3, -0.25) is 9.48 Å². The maximum Gasteiger partial charge on any atom is 0.257 e. The summed E-state index contributed by atoms with van der Waals surface area (Å²) in [6.45, 7) is 0.0352. The minimum atomic E-state index is -0.937. The fourth-order valence-electron chi connectivity index (χ4n) is 1.65. The number of aryl methyl sites for hydroxylation is 1. The number of carbonyl (C=O) groups excluding carboxylic acids is 1. The molecule has 2 aromatic rings. The molecule has 0 saturated heterocycles. The molecule has 20 heavy (non-hydrogen) atoms. The highest BCUT2D eigenvalue weighted by atomic mass is 79.9. The Morgan fingerprint density at radius 2 is 2.05 bits per heavy atom. The quantitative estimate of drug-likeness (QED) is 0.893. The first-order valence-corrected chi connectivity index (χ1v) is 6.38. The molecular weight excluding hydrogens is 334 g/mol. The number of nitrogens with two attached hydrogens (primary N) is 1. The molecule has 0 atom stereocenters. The lowest BCUT2D eigenvalue weighted by Crippen LogP contribution is -2.25. The molecule has 1 amide bonds. The van der Waals surface area contributed by atoms with E-state index in [0.29, 0.717) is 11.4 Å². The summed E-state index contributed by atoms with van der Waals surface area (Å²) in [6, 6.07) is 2.05. The lowest BCUT2D eigenvalue weighted by molar-refractivity contribution is 0.0942. The van der Waals surface area contributed by atoms with Gasteiger partial charge in [-0.25, -0.2) is 8.78 Å². The van der Waals surface area contributed by atoms with E-state index in [1.165, 1.54) is 10.9 Å². The molecule has 0 bridgehead atoms. The van der Waals surface area contributed by atoms with Crippen LogP contribution >= 0.6 is 15.9 Å². The molecular formula is C12H11BrF2N4O. The van der Waals surface area contributed by atoms with E-state index in [1.54, 1.807) is 7.05 Å². The summed E-state index contributed by atoms with van der Waals surface area (Å²) in [4.78, 5) is 11.8. The number of halogens is 3. The predicted molar refractivity (Wildman–Crippen MR) is 72.8 cm³/mol. The van der Waals surface area contributed by atoms with Crippen molar-refractivity contribution in [3.8, 4) is 0 Å². The van der Waals surface area contributed by atoms with Crippen molar-refractivity contribution in [3.63, 3.8) is 0 Å². The van der Waals surface area contributed by atoms with E-state index in [1.807, 2.05) is 0 Å². The second-order valence-corrected chi connectivity index (χ2v) is 5.02. The van der Waals surface area contributed by atoms with Gasteiger partial charge in [0.25, 0.3) is 5.91 Å². The van der Waals surface area contributed by atoms with E-state index in [4.69, 9.17) is 5.73 Å². The van der Waals surface area contributed by atoms with Crippen LogP contribution in [0.4, 0.5) is 14.6 Å². The summed E-state index contributed by atoms with van der Waals surface area (Å²) >= 11 is 2.94. The molecule has 106 valence electrons. The molecule has 8 heteroatoms. The maximum absolute atomic E-state index is 13.6. The van der Waals surface area contributed by atoms with Gasteiger partial charge in [-0.2, -0.15) is 5.10 Å². The largest absolute Gasteiger partial charge is 0.384 e. The average molecular weight is 345 g/mol. The van der Waals surface area contributed by atoms with Crippen LogP contribution in [0.25, 0.3) is 0 Å². The number of amides is 1. The van der Waals surface area contributed by atoms with Crippen molar-refractivity contribution < 1.29 is 13.6 Å². The van der Waals surface area contributed by atoms with Crippen LogP contribution in [0.15, 0.2) is 22.8 Å². The standard InChI is InChI=1S/C12H11BrF2N4O/c1-19-11(16)6(5-18-19)4-17-12(20)10-8(14)2-7(13)3-9(10)15/h2-3,5H,4,16H2,1H3,(H,17,20). The molecule has 3 N–H and O–H groups in total. The topological polar surface area (TPSA) is 72.9 Å². The Bertz CT molecular complexity index is 648. The van der Waals surface area contributed by atoms with Crippen LogP contribution in [0.5, 0.6) is 0 Å². The first kappa shape index (κ1) is 14.4. The van der Waals surface area contributed by atoms with Crippen molar-refractivity contribution in [3.05, 3.63) is 45.6 Å². The van der Waals surface area contributed by atoms with Crippen LogP contribution in [0.1, 0.15) is 15.9 Å². The third-order valence-electron chi connectivity index (χ3n) is 2.74. The van der Waals surface area contributed by atoms with E-state index < -0.39 is 23.1 Å². The number of carbonyl (C=O) groups is 1. The summed E-state index contributed by atoms with van der Waals surface area (Å²) in [5.41, 5.74) is 5.64.